The Balaban J connectivity index is 1.50. The molecule has 1 N–H and O–H groups in total. The molecule has 1 aromatic rings. The van der Waals surface area contributed by atoms with Crippen LogP contribution < -0.4 is 5.32 Å². The van der Waals surface area contributed by atoms with Gasteiger partial charge in [-0.3, -0.25) is 14.6 Å². The molecule has 3 rings (SSSR count). The van der Waals surface area contributed by atoms with Crippen LogP contribution in [0.3, 0.4) is 0 Å². The summed E-state index contributed by atoms with van der Waals surface area (Å²) in [6.07, 6.45) is 1.86. The van der Waals surface area contributed by atoms with Crippen LogP contribution >= 0.6 is 11.6 Å². The van der Waals surface area contributed by atoms with Crippen molar-refractivity contribution in [3.8, 4) is 0 Å². The first-order valence-corrected chi connectivity index (χ1v) is 7.77. The summed E-state index contributed by atoms with van der Waals surface area (Å²) in [5, 5.41) is 3.42. The Morgan fingerprint density at radius 3 is 2.82 bits per heavy atom. The molecule has 7 heteroatoms. The molecule has 0 saturated carbocycles. The van der Waals surface area contributed by atoms with Crippen molar-refractivity contribution in [3.05, 3.63) is 29.0 Å². The maximum atomic E-state index is 12.2. The summed E-state index contributed by atoms with van der Waals surface area (Å²) in [6.45, 7) is 2.67. The third-order valence-corrected chi connectivity index (χ3v) is 4.47. The third-order valence-electron chi connectivity index (χ3n) is 4.25. The summed E-state index contributed by atoms with van der Waals surface area (Å²) in [5.41, 5.74) is 0.750. The molecule has 2 aliphatic heterocycles. The van der Waals surface area contributed by atoms with Crippen LogP contribution in [-0.4, -0.2) is 59.3 Å². The molecule has 1 atom stereocenters. The minimum Gasteiger partial charge on any atom is -0.350 e. The van der Waals surface area contributed by atoms with Gasteiger partial charge in [-0.1, -0.05) is 11.6 Å². The summed E-state index contributed by atoms with van der Waals surface area (Å²) in [5.74, 6) is -0.256. The fourth-order valence-electron chi connectivity index (χ4n) is 2.96. The van der Waals surface area contributed by atoms with E-state index in [1.54, 1.807) is 18.3 Å². The van der Waals surface area contributed by atoms with E-state index in [1.165, 1.54) is 0 Å². The smallest absolute Gasteiger partial charge is 0.225 e. The summed E-state index contributed by atoms with van der Waals surface area (Å²) in [7, 11) is 2.03. The van der Waals surface area contributed by atoms with Crippen molar-refractivity contribution in [2.45, 2.75) is 19.0 Å². The molecule has 3 heterocycles. The molecule has 1 aromatic heterocycles. The lowest BCUT2D eigenvalue weighted by atomic mass is 10.1. The van der Waals surface area contributed by atoms with E-state index in [0.717, 1.165) is 18.8 Å². The molecule has 0 spiro atoms. The van der Waals surface area contributed by atoms with Crippen molar-refractivity contribution in [1.29, 1.82) is 0 Å². The van der Waals surface area contributed by atoms with Gasteiger partial charge < -0.3 is 15.1 Å². The number of amides is 2. The van der Waals surface area contributed by atoms with Gasteiger partial charge in [0, 0.05) is 32.3 Å². The fourth-order valence-corrected chi connectivity index (χ4v) is 3.07. The minimum atomic E-state index is -0.259. The lowest BCUT2D eigenvalue weighted by Gasteiger charge is -2.42. The molecule has 0 aromatic carbocycles. The number of hydrogen-bond acceptors (Lipinski definition) is 4. The average molecular weight is 323 g/mol. The number of nitrogens with zero attached hydrogens (tertiary/aromatic N) is 3. The lowest BCUT2D eigenvalue weighted by molar-refractivity contribution is -0.132. The third kappa shape index (κ3) is 3.23. The van der Waals surface area contributed by atoms with Crippen molar-refractivity contribution >= 4 is 23.4 Å². The van der Waals surface area contributed by atoms with E-state index in [9.17, 15) is 9.59 Å². The molecule has 2 saturated heterocycles. The standard InChI is InChI=1S/C15H19ClN4O2/c1-19-8-13(9-19)20-7-10(4-14(20)21)15(22)18-6-12-3-2-11(16)5-17-12/h2-3,5,10,13H,4,6-9H2,1H3,(H,18,22). The van der Waals surface area contributed by atoms with Crippen LogP contribution in [-0.2, 0) is 16.1 Å². The van der Waals surface area contributed by atoms with Crippen LogP contribution in [0, 0.1) is 5.92 Å². The molecular weight excluding hydrogens is 304 g/mol. The highest BCUT2D eigenvalue weighted by atomic mass is 35.5. The normalized spacial score (nSPS) is 22.7. The van der Waals surface area contributed by atoms with Gasteiger partial charge in [0.15, 0.2) is 0 Å². The predicted molar refractivity (Wildman–Crippen MR) is 82.2 cm³/mol. The summed E-state index contributed by atoms with van der Waals surface area (Å²) in [4.78, 5) is 32.4. The van der Waals surface area contributed by atoms with Gasteiger partial charge in [0.05, 0.1) is 29.2 Å². The van der Waals surface area contributed by atoms with Crippen LogP contribution in [0.25, 0.3) is 0 Å². The zero-order valence-electron chi connectivity index (χ0n) is 12.5. The first-order chi connectivity index (χ1) is 10.5. The maximum absolute atomic E-state index is 12.2. The van der Waals surface area contributed by atoms with Gasteiger partial charge in [0.1, 0.15) is 0 Å². The molecular formula is C15H19ClN4O2. The summed E-state index contributed by atoms with van der Waals surface area (Å²) >= 11 is 5.77. The second-order valence-electron chi connectivity index (χ2n) is 6.01. The number of likely N-dealkylation sites (N-methyl/N-ethyl adjacent to an activating group) is 1. The van der Waals surface area contributed by atoms with E-state index >= 15 is 0 Å². The topological polar surface area (TPSA) is 65.5 Å². The Morgan fingerprint density at radius 1 is 1.41 bits per heavy atom. The molecule has 22 heavy (non-hydrogen) atoms. The first kappa shape index (κ1) is 15.2. The Morgan fingerprint density at radius 2 is 2.18 bits per heavy atom. The number of nitrogens with one attached hydrogen (secondary N) is 1. The Bertz CT molecular complexity index is 571. The molecule has 6 nitrogen and oxygen atoms in total. The van der Waals surface area contributed by atoms with E-state index < -0.39 is 0 Å². The molecule has 118 valence electrons. The number of hydrogen-bond donors (Lipinski definition) is 1. The zero-order valence-corrected chi connectivity index (χ0v) is 13.2. The highest BCUT2D eigenvalue weighted by Crippen LogP contribution is 2.24. The number of aromatic nitrogens is 1. The van der Waals surface area contributed by atoms with Gasteiger partial charge in [0.2, 0.25) is 11.8 Å². The van der Waals surface area contributed by atoms with Gasteiger partial charge in [-0.25, -0.2) is 0 Å². The zero-order chi connectivity index (χ0) is 15.7. The number of likely N-dealkylation sites (tertiary alicyclic amines) is 2. The van der Waals surface area contributed by atoms with Gasteiger partial charge in [0.25, 0.3) is 0 Å². The quantitative estimate of drug-likeness (QED) is 0.877. The highest BCUT2D eigenvalue weighted by Gasteiger charge is 2.41. The molecule has 2 amide bonds. The first-order valence-electron chi connectivity index (χ1n) is 7.39. The van der Waals surface area contributed by atoms with Crippen molar-refractivity contribution in [3.63, 3.8) is 0 Å². The SMILES string of the molecule is CN1CC(N2CC(C(=O)NCc3ccc(Cl)cn3)CC2=O)C1. The Hall–Kier alpha value is -1.66. The second-order valence-corrected chi connectivity index (χ2v) is 6.44. The van der Waals surface area contributed by atoms with E-state index in [-0.39, 0.29) is 23.8 Å². The van der Waals surface area contributed by atoms with Crippen LogP contribution in [0.5, 0.6) is 0 Å². The number of halogens is 1. The number of pyridine rings is 1. The maximum Gasteiger partial charge on any atom is 0.225 e. The highest BCUT2D eigenvalue weighted by molar-refractivity contribution is 6.30. The van der Waals surface area contributed by atoms with Gasteiger partial charge >= 0.3 is 0 Å². The molecule has 0 radical (unpaired) electrons. The minimum absolute atomic E-state index is 0.0831. The van der Waals surface area contributed by atoms with Crippen molar-refractivity contribution in [1.82, 2.24) is 20.1 Å². The molecule has 0 bridgehead atoms. The van der Waals surface area contributed by atoms with Gasteiger partial charge in [-0.15, -0.1) is 0 Å². The molecule has 2 fully saturated rings. The fraction of sp³-hybridized carbons (Fsp3) is 0.533. The number of carbonyl (C=O) groups is 2. The Kier molecular flexibility index (Phi) is 4.31. The summed E-state index contributed by atoms with van der Waals surface area (Å²) < 4.78 is 0. The molecule has 1 unspecified atom stereocenters. The monoisotopic (exact) mass is 322 g/mol. The van der Waals surface area contributed by atoms with Gasteiger partial charge in [-0.2, -0.15) is 0 Å². The van der Waals surface area contributed by atoms with Crippen LogP contribution in [0.1, 0.15) is 12.1 Å². The second kappa shape index (κ2) is 6.22. The van der Waals surface area contributed by atoms with Crippen molar-refractivity contribution in [2.24, 2.45) is 5.92 Å². The van der Waals surface area contributed by atoms with E-state index in [2.05, 4.69) is 15.2 Å². The van der Waals surface area contributed by atoms with Crippen LogP contribution in [0.4, 0.5) is 0 Å². The number of carbonyl (C=O) groups excluding carboxylic acids is 2. The predicted octanol–water partition coefficient (Wildman–Crippen LogP) is 0.514. The number of rotatable bonds is 4. The van der Waals surface area contributed by atoms with E-state index in [1.807, 2.05) is 11.9 Å². The van der Waals surface area contributed by atoms with Crippen molar-refractivity contribution < 1.29 is 9.59 Å². The van der Waals surface area contributed by atoms with Crippen LogP contribution in [0.2, 0.25) is 5.02 Å². The molecule has 0 aliphatic carbocycles. The Labute approximate surface area is 134 Å². The van der Waals surface area contributed by atoms with E-state index in [4.69, 9.17) is 11.6 Å². The molecule has 2 aliphatic rings. The van der Waals surface area contributed by atoms with E-state index in [0.29, 0.717) is 24.5 Å². The largest absolute Gasteiger partial charge is 0.350 e. The average Bonchev–Trinajstić information content (AvgIpc) is 2.85. The van der Waals surface area contributed by atoms with Crippen molar-refractivity contribution in [2.75, 3.05) is 26.7 Å². The van der Waals surface area contributed by atoms with Gasteiger partial charge in [-0.05, 0) is 19.2 Å². The lowest BCUT2D eigenvalue weighted by Crippen LogP contribution is -2.58. The van der Waals surface area contributed by atoms with Crippen LogP contribution in [0.15, 0.2) is 18.3 Å². The summed E-state index contributed by atoms with van der Waals surface area (Å²) in [6, 6.07) is 3.79.